The van der Waals surface area contributed by atoms with Crippen LogP contribution >= 0.6 is 0 Å². The van der Waals surface area contributed by atoms with E-state index in [9.17, 15) is 4.79 Å². The van der Waals surface area contributed by atoms with Crippen molar-refractivity contribution in [2.75, 3.05) is 11.9 Å². The number of H-pyrrole nitrogens is 1. The number of nitrogens with zero attached hydrogens (tertiary/aromatic N) is 2. The van der Waals surface area contributed by atoms with Gasteiger partial charge in [0, 0.05) is 9.84 Å². The van der Waals surface area contributed by atoms with Gasteiger partial charge in [-0.2, -0.15) is 4.98 Å². The first-order chi connectivity index (χ1) is 9.83. The van der Waals surface area contributed by atoms with Crippen molar-refractivity contribution in [3.05, 3.63) is 30.3 Å². The number of nitrogens with one attached hydrogen (secondary N) is 3. The van der Waals surface area contributed by atoms with Crippen LogP contribution in [-0.2, 0) is 4.79 Å². The highest BCUT2D eigenvalue weighted by molar-refractivity contribution is 5.94. The van der Waals surface area contributed by atoms with Gasteiger partial charge in [-0.1, -0.05) is 44.2 Å². The van der Waals surface area contributed by atoms with Crippen LogP contribution in [0.2, 0.25) is 0 Å². The molecule has 0 unspecified atom stereocenters. The summed E-state index contributed by atoms with van der Waals surface area (Å²) in [6, 6.07) is 9.54. The van der Waals surface area contributed by atoms with E-state index < -0.39 is 0 Å². The maximum absolute atomic E-state index is 11.7. The van der Waals surface area contributed by atoms with Crippen LogP contribution in [0.1, 0.15) is 24.5 Å². The maximum Gasteiger partial charge on any atom is 0.249 e. The van der Waals surface area contributed by atoms with E-state index in [1.165, 1.54) is 0 Å². The van der Waals surface area contributed by atoms with Crippen molar-refractivity contribution in [2.45, 2.75) is 26.3 Å². The molecule has 0 spiro atoms. The van der Waals surface area contributed by atoms with Crippen LogP contribution in [0.5, 0.6) is 0 Å². The van der Waals surface area contributed by atoms with Crippen molar-refractivity contribution in [1.82, 2.24) is 20.5 Å². The molecular formula is C14H25N5O. The molecule has 1 aliphatic rings. The lowest BCUT2D eigenvalue weighted by atomic mass is 10.1. The quantitative estimate of drug-likeness (QED) is 0.806. The fourth-order valence-electron chi connectivity index (χ4n) is 1.75. The normalized spacial score (nSPS) is 16.6. The van der Waals surface area contributed by atoms with Crippen molar-refractivity contribution in [1.29, 1.82) is 0 Å². The molecule has 1 aromatic carbocycles. The van der Waals surface area contributed by atoms with Crippen molar-refractivity contribution >= 4 is 11.9 Å². The van der Waals surface area contributed by atoms with Gasteiger partial charge in [0.2, 0.25) is 11.9 Å². The number of carbonyl (C=O) groups is 1. The molecule has 0 radical (unpaired) electrons. The second kappa shape index (κ2) is 6.81. The average molecular weight is 279 g/mol. The summed E-state index contributed by atoms with van der Waals surface area (Å²) in [5, 5.41) is 12.5. The van der Waals surface area contributed by atoms with Gasteiger partial charge in [0.1, 0.15) is 0 Å². The molecule has 1 saturated heterocycles. The number of hydrogen-bond acceptors (Lipinski definition) is 4. The van der Waals surface area contributed by atoms with E-state index in [-0.39, 0.29) is 16.2 Å². The smallest absolute Gasteiger partial charge is 0.249 e. The zero-order valence-corrected chi connectivity index (χ0v) is 11.7. The van der Waals surface area contributed by atoms with Crippen molar-refractivity contribution in [3.63, 3.8) is 0 Å². The molecule has 1 atom stereocenters. The van der Waals surface area contributed by atoms with Crippen molar-refractivity contribution in [2.24, 2.45) is 0 Å². The minimum atomic E-state index is -0.108. The molecule has 0 aliphatic carbocycles. The van der Waals surface area contributed by atoms with Gasteiger partial charge < -0.3 is 5.32 Å². The van der Waals surface area contributed by atoms with E-state index >= 15 is 0 Å². The van der Waals surface area contributed by atoms with Crippen LogP contribution in [0, 0.1) is 0 Å². The van der Waals surface area contributed by atoms with Gasteiger partial charge in [-0.3, -0.25) is 15.2 Å². The van der Waals surface area contributed by atoms with Gasteiger partial charge in [-0.05, 0) is 13.0 Å². The maximum atomic E-state index is 11.7. The molecule has 0 saturated carbocycles. The summed E-state index contributed by atoms with van der Waals surface area (Å²) in [7, 11) is 0. The molecule has 0 bridgehead atoms. The molecule has 3 rings (SSSR count). The fraction of sp³-hybridized carbons (Fsp3) is 0.357. The monoisotopic (exact) mass is 279 g/mol. The fourth-order valence-corrected chi connectivity index (χ4v) is 1.75. The Hall–Kier alpha value is -2.21. The van der Waals surface area contributed by atoms with Gasteiger partial charge in [0.05, 0.1) is 6.04 Å². The first-order valence-electron chi connectivity index (χ1n) is 6.85. The number of hydrogen-bond donors (Lipinski definition) is 3. The van der Waals surface area contributed by atoms with Crippen LogP contribution < -0.4 is 10.6 Å². The van der Waals surface area contributed by atoms with E-state index in [0.717, 1.165) is 18.5 Å². The van der Waals surface area contributed by atoms with Crippen LogP contribution in [0.3, 0.4) is 0 Å². The van der Waals surface area contributed by atoms with Crippen LogP contribution in [0.4, 0.5) is 5.95 Å². The molecule has 1 fully saturated rings. The summed E-state index contributed by atoms with van der Waals surface area (Å²) in [5.74, 6) is 0.875. The first kappa shape index (κ1) is 14.2. The predicted octanol–water partition coefficient (Wildman–Crippen LogP) is 2.54. The summed E-state index contributed by atoms with van der Waals surface area (Å²) >= 11 is 0. The number of aromatic nitrogens is 3. The number of benzene rings is 1. The average Bonchev–Trinajstić information content (AvgIpc) is 2.88. The predicted molar refractivity (Wildman–Crippen MR) is 84.5 cm³/mol. The number of carbonyl (C=O) groups excluding carboxylic acids is 1. The Morgan fingerprint density at radius 2 is 2.05 bits per heavy atom. The van der Waals surface area contributed by atoms with E-state index in [1.54, 1.807) is 0 Å². The van der Waals surface area contributed by atoms with E-state index in [2.05, 4.69) is 25.8 Å². The highest BCUT2D eigenvalue weighted by Gasteiger charge is 2.25. The Morgan fingerprint density at radius 3 is 2.65 bits per heavy atom. The van der Waals surface area contributed by atoms with Gasteiger partial charge in [-0.25, -0.2) is 0 Å². The largest absolute Gasteiger partial charge is 0.306 e. The van der Waals surface area contributed by atoms with Crippen LogP contribution in [0.15, 0.2) is 30.3 Å². The number of anilines is 1. The first-order valence-corrected chi connectivity index (χ1v) is 6.85. The molecule has 20 heavy (non-hydrogen) atoms. The molecular weight excluding hydrogens is 254 g/mol. The molecule has 3 N–H and O–H groups in total. The van der Waals surface area contributed by atoms with Crippen LogP contribution in [0.25, 0.3) is 11.4 Å². The summed E-state index contributed by atoms with van der Waals surface area (Å²) in [6.45, 7) is 4.89. The third-order valence-electron chi connectivity index (χ3n) is 2.91. The van der Waals surface area contributed by atoms with Crippen LogP contribution in [-0.4, -0.2) is 33.7 Å². The minimum absolute atomic E-state index is 0. The SMILES string of the molecule is CC.O=C(Nc1n[nH]c(-c2ccccc2)n1)[C@@H]1CCN1.[HH].[HH].[HH]. The molecule has 1 amide bonds. The van der Waals surface area contributed by atoms with E-state index in [1.807, 2.05) is 44.2 Å². The molecule has 6 nitrogen and oxygen atoms in total. The molecule has 1 aromatic heterocycles. The Balaban J connectivity index is 0. The third kappa shape index (κ3) is 3.21. The van der Waals surface area contributed by atoms with Gasteiger partial charge in [0.25, 0.3) is 0 Å². The molecule has 112 valence electrons. The summed E-state index contributed by atoms with van der Waals surface area (Å²) in [6.07, 6.45) is 0.863. The van der Waals surface area contributed by atoms with E-state index in [0.29, 0.717) is 11.8 Å². The number of rotatable bonds is 3. The number of amides is 1. The lowest BCUT2D eigenvalue weighted by Crippen LogP contribution is -2.50. The summed E-state index contributed by atoms with van der Waals surface area (Å²) < 4.78 is 0. The lowest BCUT2D eigenvalue weighted by molar-refractivity contribution is -0.119. The molecule has 1 aliphatic heterocycles. The summed E-state index contributed by atoms with van der Waals surface area (Å²) in [4.78, 5) is 15.9. The Morgan fingerprint density at radius 1 is 1.35 bits per heavy atom. The topological polar surface area (TPSA) is 82.7 Å². The van der Waals surface area contributed by atoms with Crippen molar-refractivity contribution in [3.8, 4) is 11.4 Å². The van der Waals surface area contributed by atoms with Gasteiger partial charge in [0.15, 0.2) is 5.82 Å². The zero-order valence-electron chi connectivity index (χ0n) is 11.7. The molecule has 6 heteroatoms. The Bertz CT molecular complexity index is 561. The highest BCUT2D eigenvalue weighted by atomic mass is 16.2. The zero-order chi connectivity index (χ0) is 14.4. The standard InChI is InChI=1S/C12H13N5O.C2H6.3H2/c18-11(9-6-7-13-9)15-12-14-10(16-17-12)8-4-2-1-3-5-8;1-2;;;/h1-5,9,13H,6-7H2,(H2,14,15,16,17,18);1-2H3;3*1H/t9-;;;;/m0..../s1. The van der Waals surface area contributed by atoms with E-state index in [4.69, 9.17) is 0 Å². The molecule has 2 aromatic rings. The Labute approximate surface area is 122 Å². The van der Waals surface area contributed by atoms with Gasteiger partial charge in [-0.15, -0.1) is 5.10 Å². The van der Waals surface area contributed by atoms with Gasteiger partial charge >= 0.3 is 0 Å². The second-order valence-corrected chi connectivity index (χ2v) is 4.16. The minimum Gasteiger partial charge on any atom is -0.306 e. The lowest BCUT2D eigenvalue weighted by Gasteiger charge is -2.25. The molecule has 2 heterocycles. The number of aromatic amines is 1. The van der Waals surface area contributed by atoms with Crippen molar-refractivity contribution < 1.29 is 9.07 Å². The third-order valence-corrected chi connectivity index (χ3v) is 2.91. The second-order valence-electron chi connectivity index (χ2n) is 4.16. The summed E-state index contributed by atoms with van der Waals surface area (Å²) in [5.41, 5.74) is 0.937. The highest BCUT2D eigenvalue weighted by Crippen LogP contribution is 2.15. The Kier molecular flexibility index (Phi) is 4.84.